The average molecular weight is 470 g/mol. The third-order valence-corrected chi connectivity index (χ3v) is 6.68. The maximum atomic E-state index is 12.2. The number of benzene rings is 2. The summed E-state index contributed by atoms with van der Waals surface area (Å²) in [5.41, 5.74) is 3.17. The predicted octanol–water partition coefficient (Wildman–Crippen LogP) is 5.09. The van der Waals surface area contributed by atoms with Crippen LogP contribution in [0.15, 0.2) is 42.5 Å². The average Bonchev–Trinajstić information content (AvgIpc) is 2.79. The number of hydrogen-bond acceptors (Lipinski definition) is 4. The smallest absolute Gasteiger partial charge is 0.322 e. The minimum atomic E-state index is -1.08. The number of carbonyl (C=O) groups excluding carboxylic acids is 1. The summed E-state index contributed by atoms with van der Waals surface area (Å²) >= 11 is 0. The van der Waals surface area contributed by atoms with E-state index >= 15 is 0 Å². The summed E-state index contributed by atoms with van der Waals surface area (Å²) in [7, 11) is 0. The normalized spacial score (nSPS) is 13.8. The molecule has 0 saturated heterocycles. The van der Waals surface area contributed by atoms with E-state index in [1.807, 2.05) is 52.8 Å². The van der Waals surface area contributed by atoms with Crippen LogP contribution in [-0.4, -0.2) is 40.8 Å². The molecule has 0 bridgehead atoms. The summed E-state index contributed by atoms with van der Waals surface area (Å²) in [6.45, 7) is 13.8. The molecule has 0 spiro atoms. The number of carbonyl (C=O) groups is 2. The molecule has 186 valence electrons. The second kappa shape index (κ2) is 11.0. The largest absolute Gasteiger partial charge is 0.488 e. The Morgan fingerprint density at radius 2 is 1.56 bits per heavy atom. The molecule has 0 aliphatic heterocycles. The van der Waals surface area contributed by atoms with Crippen molar-refractivity contribution in [2.45, 2.75) is 78.9 Å². The Labute approximate surface area is 203 Å². The molecule has 2 aromatic carbocycles. The van der Waals surface area contributed by atoms with Gasteiger partial charge in [0.15, 0.2) is 0 Å². The van der Waals surface area contributed by atoms with Crippen LogP contribution in [0.2, 0.25) is 0 Å². The highest BCUT2D eigenvalue weighted by Crippen LogP contribution is 2.40. The number of aliphatic hydroxyl groups is 1. The van der Waals surface area contributed by atoms with Crippen molar-refractivity contribution in [2.24, 2.45) is 5.41 Å². The van der Waals surface area contributed by atoms with Gasteiger partial charge in [0.2, 0.25) is 0 Å². The van der Waals surface area contributed by atoms with E-state index in [0.29, 0.717) is 5.56 Å². The highest BCUT2D eigenvalue weighted by Gasteiger charge is 2.32. The summed E-state index contributed by atoms with van der Waals surface area (Å²) in [4.78, 5) is 22.9. The minimum absolute atomic E-state index is 0.240. The van der Waals surface area contributed by atoms with Crippen molar-refractivity contribution in [3.05, 3.63) is 64.7 Å². The topological polar surface area (TPSA) is 95.9 Å². The molecule has 2 unspecified atom stereocenters. The number of nitrogens with one attached hydrogen (secondary N) is 1. The maximum Gasteiger partial charge on any atom is 0.322 e. The number of carboxylic acid groups (broad SMARTS) is 1. The molecular formula is C28H39NO5. The van der Waals surface area contributed by atoms with Gasteiger partial charge in [-0.25, -0.2) is 0 Å². The molecule has 3 N–H and O–H groups in total. The first-order valence-corrected chi connectivity index (χ1v) is 11.9. The lowest BCUT2D eigenvalue weighted by atomic mass is 9.70. The van der Waals surface area contributed by atoms with Gasteiger partial charge in [0.25, 0.3) is 5.91 Å². The second-order valence-corrected chi connectivity index (χ2v) is 10.1. The molecule has 0 aromatic heterocycles. The second-order valence-electron chi connectivity index (χ2n) is 10.1. The third kappa shape index (κ3) is 6.17. The van der Waals surface area contributed by atoms with Crippen LogP contribution in [0, 0.1) is 12.3 Å². The number of aliphatic hydroxyl groups excluding tert-OH is 1. The molecule has 0 saturated carbocycles. The lowest BCUT2D eigenvalue weighted by molar-refractivity contribution is -0.135. The molecular weight excluding hydrogens is 430 g/mol. The monoisotopic (exact) mass is 469 g/mol. The number of aliphatic carboxylic acids is 1. The van der Waals surface area contributed by atoms with Crippen LogP contribution in [0.4, 0.5) is 0 Å². The summed E-state index contributed by atoms with van der Waals surface area (Å²) in [6.07, 6.45) is 0.800. The Kier molecular flexibility index (Phi) is 8.89. The molecule has 0 heterocycles. The highest BCUT2D eigenvalue weighted by molar-refractivity contribution is 5.95. The van der Waals surface area contributed by atoms with Crippen LogP contribution in [-0.2, 0) is 10.2 Å². The van der Waals surface area contributed by atoms with Crippen molar-refractivity contribution < 1.29 is 24.5 Å². The van der Waals surface area contributed by atoms with Crippen molar-refractivity contribution in [3.63, 3.8) is 0 Å². The summed E-state index contributed by atoms with van der Waals surface area (Å²) < 4.78 is 6.12. The van der Waals surface area contributed by atoms with E-state index in [1.54, 1.807) is 12.1 Å². The van der Waals surface area contributed by atoms with E-state index in [9.17, 15) is 14.7 Å². The van der Waals surface area contributed by atoms with Crippen LogP contribution in [0.3, 0.4) is 0 Å². The molecule has 34 heavy (non-hydrogen) atoms. The maximum absolute atomic E-state index is 12.2. The first kappa shape index (κ1) is 27.4. The molecule has 2 aromatic rings. The number of carboxylic acids is 1. The zero-order chi connectivity index (χ0) is 25.7. The summed E-state index contributed by atoms with van der Waals surface area (Å²) in [6, 6.07) is 13.6. The zero-order valence-electron chi connectivity index (χ0n) is 21.4. The Morgan fingerprint density at radius 1 is 1.00 bits per heavy atom. The summed E-state index contributed by atoms with van der Waals surface area (Å²) in [5.74, 6) is -0.728. The molecule has 1 amide bonds. The van der Waals surface area contributed by atoms with Gasteiger partial charge in [-0.1, -0.05) is 58.9 Å². The van der Waals surface area contributed by atoms with Gasteiger partial charge in [-0.3, -0.25) is 9.59 Å². The van der Waals surface area contributed by atoms with E-state index in [2.05, 4.69) is 31.3 Å². The molecule has 0 fully saturated rings. The van der Waals surface area contributed by atoms with E-state index in [0.717, 1.165) is 35.3 Å². The van der Waals surface area contributed by atoms with Crippen molar-refractivity contribution in [1.82, 2.24) is 5.32 Å². The van der Waals surface area contributed by atoms with Crippen molar-refractivity contribution >= 4 is 11.9 Å². The van der Waals surface area contributed by atoms with Gasteiger partial charge >= 0.3 is 5.97 Å². The Bertz CT molecular complexity index is 987. The Hall–Kier alpha value is -2.86. The van der Waals surface area contributed by atoms with Crippen LogP contribution >= 0.6 is 0 Å². The van der Waals surface area contributed by atoms with E-state index in [1.165, 1.54) is 0 Å². The molecule has 6 heteroatoms. The van der Waals surface area contributed by atoms with E-state index < -0.39 is 24.5 Å². The first-order valence-electron chi connectivity index (χ1n) is 11.9. The van der Waals surface area contributed by atoms with Crippen LogP contribution in [0.5, 0.6) is 5.75 Å². The van der Waals surface area contributed by atoms with Crippen molar-refractivity contribution in [3.8, 4) is 5.75 Å². The molecule has 0 aliphatic rings. The SMILES string of the molecule is CCC(CC)(c1ccc(C(=O)NCC(=O)O)cc1)c1ccc(OC(C)C(O)C(C)(C)C)c(C)c1. The number of aryl methyl sites for hydroxylation is 1. The Morgan fingerprint density at radius 3 is 2.03 bits per heavy atom. The van der Waals surface area contributed by atoms with Gasteiger partial charge < -0.3 is 20.3 Å². The van der Waals surface area contributed by atoms with Gasteiger partial charge in [-0.05, 0) is 67.0 Å². The van der Waals surface area contributed by atoms with Crippen LogP contribution in [0.25, 0.3) is 0 Å². The minimum Gasteiger partial charge on any atom is -0.488 e. The molecule has 0 aliphatic carbocycles. The van der Waals surface area contributed by atoms with Crippen LogP contribution in [0.1, 0.15) is 81.4 Å². The number of hydrogen-bond donors (Lipinski definition) is 3. The Balaban J connectivity index is 2.32. The van der Waals surface area contributed by atoms with Crippen molar-refractivity contribution in [1.29, 1.82) is 0 Å². The molecule has 0 radical (unpaired) electrons. The van der Waals surface area contributed by atoms with Gasteiger partial charge in [0, 0.05) is 11.0 Å². The number of ether oxygens (including phenoxy) is 1. The van der Waals surface area contributed by atoms with Gasteiger partial charge in [0.05, 0.1) is 6.10 Å². The first-order chi connectivity index (χ1) is 15.9. The van der Waals surface area contributed by atoms with Crippen molar-refractivity contribution in [2.75, 3.05) is 6.54 Å². The van der Waals surface area contributed by atoms with E-state index in [4.69, 9.17) is 9.84 Å². The number of amides is 1. The number of rotatable bonds is 10. The van der Waals surface area contributed by atoms with Gasteiger partial charge in [0.1, 0.15) is 18.4 Å². The van der Waals surface area contributed by atoms with E-state index in [-0.39, 0.29) is 16.9 Å². The summed E-state index contributed by atoms with van der Waals surface area (Å²) in [5, 5.41) is 21.7. The van der Waals surface area contributed by atoms with Gasteiger partial charge in [-0.15, -0.1) is 0 Å². The van der Waals surface area contributed by atoms with Crippen LogP contribution < -0.4 is 10.1 Å². The highest BCUT2D eigenvalue weighted by atomic mass is 16.5. The quantitative estimate of drug-likeness (QED) is 0.450. The predicted molar refractivity (Wildman–Crippen MR) is 135 cm³/mol. The lowest BCUT2D eigenvalue weighted by Gasteiger charge is -2.34. The standard InChI is InChI=1S/C28H39NO5/c1-8-28(9-2,21-12-10-20(11-13-21)26(33)29-17-24(30)31)22-14-15-23(18(3)16-22)34-19(4)25(32)27(5,6)7/h10-16,19,25,32H,8-9,17H2,1-7H3,(H,29,33)(H,30,31). The molecule has 2 rings (SSSR count). The van der Waals surface area contributed by atoms with Gasteiger partial charge in [-0.2, -0.15) is 0 Å². The zero-order valence-corrected chi connectivity index (χ0v) is 21.4. The lowest BCUT2D eigenvalue weighted by Crippen LogP contribution is -2.39. The fourth-order valence-electron chi connectivity index (χ4n) is 4.48. The molecule has 2 atom stereocenters. The fourth-order valence-corrected chi connectivity index (χ4v) is 4.48. The fraction of sp³-hybridized carbons (Fsp3) is 0.500. The molecule has 6 nitrogen and oxygen atoms in total. The third-order valence-electron chi connectivity index (χ3n) is 6.68.